The van der Waals surface area contributed by atoms with Crippen LogP contribution in [0.15, 0.2) is 54.6 Å². The minimum atomic E-state index is 0.205. The second-order valence-electron chi connectivity index (χ2n) is 5.62. The molecule has 2 aliphatic heterocycles. The van der Waals surface area contributed by atoms with E-state index < -0.39 is 0 Å². The fraction of sp³-hybridized carbons (Fsp3) is 0.333. The van der Waals surface area contributed by atoms with E-state index in [1.165, 1.54) is 11.1 Å². The molecule has 4 rings (SSSR count). The maximum Gasteiger partial charge on any atom is 0.134 e. The molecule has 2 aromatic rings. The van der Waals surface area contributed by atoms with Crippen LogP contribution < -0.4 is 4.74 Å². The summed E-state index contributed by atoms with van der Waals surface area (Å²) in [7, 11) is 0. The number of hydrogen-bond acceptors (Lipinski definition) is 2. The zero-order valence-electron chi connectivity index (χ0n) is 11.4. The number of para-hydroxylation sites is 1. The summed E-state index contributed by atoms with van der Waals surface area (Å²) in [5.74, 6) is 1.50. The number of fused-ring (bicyclic) bond motifs is 1. The van der Waals surface area contributed by atoms with Crippen molar-refractivity contribution < 1.29 is 9.47 Å². The lowest BCUT2D eigenvalue weighted by molar-refractivity contribution is 0.157. The highest BCUT2D eigenvalue weighted by Crippen LogP contribution is 2.44. The zero-order valence-corrected chi connectivity index (χ0v) is 11.4. The van der Waals surface area contributed by atoms with Crippen molar-refractivity contribution in [3.05, 3.63) is 65.7 Å². The summed E-state index contributed by atoms with van der Waals surface area (Å²) in [6.07, 6.45) is 2.71. The molecule has 102 valence electrons. The van der Waals surface area contributed by atoms with Gasteiger partial charge in [0.15, 0.2) is 0 Å². The highest BCUT2D eigenvalue weighted by Gasteiger charge is 2.45. The Labute approximate surface area is 119 Å². The van der Waals surface area contributed by atoms with Crippen molar-refractivity contribution in [2.75, 3.05) is 6.61 Å². The molecule has 3 unspecified atom stereocenters. The number of aryl methyl sites for hydroxylation is 1. The molecule has 0 bridgehead atoms. The van der Waals surface area contributed by atoms with Gasteiger partial charge in [0, 0.05) is 11.5 Å². The zero-order chi connectivity index (χ0) is 13.4. The van der Waals surface area contributed by atoms with Crippen LogP contribution in [0.5, 0.6) is 5.75 Å². The quantitative estimate of drug-likeness (QED) is 0.789. The standard InChI is InChI=1S/C18H18O2/c1-2-6-13(7-3-1)10-11-15-14-8-4-5-9-16(14)20-18(15)17-12-19-17/h1-9,15,17-18H,10-12H2. The summed E-state index contributed by atoms with van der Waals surface area (Å²) in [5, 5.41) is 0. The van der Waals surface area contributed by atoms with Crippen LogP contribution in [-0.2, 0) is 11.2 Å². The lowest BCUT2D eigenvalue weighted by Crippen LogP contribution is -2.25. The lowest BCUT2D eigenvalue weighted by Gasteiger charge is -2.17. The summed E-state index contributed by atoms with van der Waals surface area (Å²) in [6.45, 7) is 0.848. The van der Waals surface area contributed by atoms with Gasteiger partial charge in [-0.3, -0.25) is 0 Å². The van der Waals surface area contributed by atoms with Crippen molar-refractivity contribution in [2.45, 2.75) is 31.0 Å². The summed E-state index contributed by atoms with van der Waals surface area (Å²) in [6, 6.07) is 19.1. The molecule has 2 heteroatoms. The third-order valence-electron chi connectivity index (χ3n) is 4.29. The summed E-state index contributed by atoms with van der Waals surface area (Å²) < 4.78 is 11.6. The highest BCUT2D eigenvalue weighted by molar-refractivity contribution is 5.41. The van der Waals surface area contributed by atoms with Crippen LogP contribution in [0.2, 0.25) is 0 Å². The van der Waals surface area contributed by atoms with Crippen LogP contribution >= 0.6 is 0 Å². The molecule has 2 heterocycles. The molecule has 3 atom stereocenters. The van der Waals surface area contributed by atoms with Gasteiger partial charge >= 0.3 is 0 Å². The van der Waals surface area contributed by atoms with Crippen molar-refractivity contribution in [2.24, 2.45) is 0 Å². The first-order valence-corrected chi connectivity index (χ1v) is 7.33. The van der Waals surface area contributed by atoms with Crippen molar-refractivity contribution in [3.8, 4) is 5.75 Å². The van der Waals surface area contributed by atoms with E-state index in [0.29, 0.717) is 12.0 Å². The molecule has 0 saturated carbocycles. The number of rotatable bonds is 4. The van der Waals surface area contributed by atoms with Crippen molar-refractivity contribution in [1.29, 1.82) is 0 Å². The van der Waals surface area contributed by atoms with E-state index in [0.717, 1.165) is 25.2 Å². The molecule has 0 spiro atoms. The predicted octanol–water partition coefficient (Wildman–Crippen LogP) is 3.56. The first-order valence-electron chi connectivity index (χ1n) is 7.33. The van der Waals surface area contributed by atoms with Crippen LogP contribution in [0.1, 0.15) is 23.5 Å². The largest absolute Gasteiger partial charge is 0.487 e. The van der Waals surface area contributed by atoms with Crippen molar-refractivity contribution >= 4 is 0 Å². The van der Waals surface area contributed by atoms with Crippen LogP contribution in [0.3, 0.4) is 0 Å². The maximum atomic E-state index is 6.11. The van der Waals surface area contributed by atoms with Gasteiger partial charge in [0.25, 0.3) is 0 Å². The first kappa shape index (κ1) is 12.0. The van der Waals surface area contributed by atoms with Gasteiger partial charge < -0.3 is 9.47 Å². The van der Waals surface area contributed by atoms with Gasteiger partial charge in [-0.25, -0.2) is 0 Å². The Kier molecular flexibility index (Phi) is 2.96. The Morgan fingerprint density at radius 1 is 0.950 bits per heavy atom. The average molecular weight is 266 g/mol. The number of epoxide rings is 1. The van der Waals surface area contributed by atoms with Crippen LogP contribution in [0, 0.1) is 0 Å². The van der Waals surface area contributed by atoms with E-state index in [9.17, 15) is 0 Å². The number of benzene rings is 2. The van der Waals surface area contributed by atoms with Gasteiger partial charge in [0.1, 0.15) is 18.0 Å². The van der Waals surface area contributed by atoms with E-state index in [-0.39, 0.29) is 6.10 Å². The molecule has 0 radical (unpaired) electrons. The molecule has 1 saturated heterocycles. The number of ether oxygens (including phenoxy) is 2. The Bertz CT molecular complexity index is 589. The van der Waals surface area contributed by atoms with Gasteiger partial charge in [-0.15, -0.1) is 0 Å². The van der Waals surface area contributed by atoms with E-state index in [1.807, 2.05) is 6.07 Å². The summed E-state index contributed by atoms with van der Waals surface area (Å²) >= 11 is 0. The molecular formula is C18H18O2. The third kappa shape index (κ3) is 2.20. The molecule has 0 aliphatic carbocycles. The Hall–Kier alpha value is -1.80. The molecule has 0 N–H and O–H groups in total. The monoisotopic (exact) mass is 266 g/mol. The first-order chi connectivity index (χ1) is 9.92. The van der Waals surface area contributed by atoms with E-state index in [1.54, 1.807) is 0 Å². The average Bonchev–Trinajstić information content (AvgIpc) is 3.28. The molecule has 2 aromatic carbocycles. The second-order valence-corrected chi connectivity index (χ2v) is 5.62. The van der Waals surface area contributed by atoms with Crippen molar-refractivity contribution in [3.63, 3.8) is 0 Å². The van der Waals surface area contributed by atoms with Gasteiger partial charge in [0.2, 0.25) is 0 Å². The van der Waals surface area contributed by atoms with Gasteiger partial charge in [0.05, 0.1) is 6.61 Å². The van der Waals surface area contributed by atoms with Crippen LogP contribution in [-0.4, -0.2) is 18.8 Å². The number of hydrogen-bond donors (Lipinski definition) is 0. The molecule has 2 nitrogen and oxygen atoms in total. The van der Waals surface area contributed by atoms with Gasteiger partial charge in [-0.2, -0.15) is 0 Å². The maximum absolute atomic E-state index is 6.11. The van der Waals surface area contributed by atoms with E-state index in [4.69, 9.17) is 9.47 Å². The highest BCUT2D eigenvalue weighted by atomic mass is 16.6. The Morgan fingerprint density at radius 2 is 1.70 bits per heavy atom. The second kappa shape index (κ2) is 4.95. The fourth-order valence-corrected chi connectivity index (χ4v) is 3.17. The minimum Gasteiger partial charge on any atom is -0.487 e. The minimum absolute atomic E-state index is 0.205. The van der Waals surface area contributed by atoms with Crippen LogP contribution in [0.4, 0.5) is 0 Å². The topological polar surface area (TPSA) is 21.8 Å². The van der Waals surface area contributed by atoms with E-state index >= 15 is 0 Å². The lowest BCUT2D eigenvalue weighted by atomic mass is 9.88. The van der Waals surface area contributed by atoms with Crippen LogP contribution in [0.25, 0.3) is 0 Å². The molecule has 2 aliphatic rings. The van der Waals surface area contributed by atoms with Gasteiger partial charge in [-0.05, 0) is 24.5 Å². The smallest absolute Gasteiger partial charge is 0.134 e. The molecule has 20 heavy (non-hydrogen) atoms. The summed E-state index contributed by atoms with van der Waals surface area (Å²) in [4.78, 5) is 0. The summed E-state index contributed by atoms with van der Waals surface area (Å²) in [5.41, 5.74) is 2.75. The van der Waals surface area contributed by atoms with Gasteiger partial charge in [-0.1, -0.05) is 48.5 Å². The fourth-order valence-electron chi connectivity index (χ4n) is 3.17. The normalized spacial score (nSPS) is 26.9. The Morgan fingerprint density at radius 3 is 2.50 bits per heavy atom. The SMILES string of the molecule is c1ccc(CCC2c3ccccc3OC2C2CO2)cc1. The Balaban J connectivity index is 1.54. The van der Waals surface area contributed by atoms with Crippen molar-refractivity contribution in [1.82, 2.24) is 0 Å². The molecular weight excluding hydrogens is 248 g/mol. The molecule has 0 aromatic heterocycles. The third-order valence-corrected chi connectivity index (χ3v) is 4.29. The predicted molar refractivity (Wildman–Crippen MR) is 78.1 cm³/mol. The van der Waals surface area contributed by atoms with E-state index in [2.05, 4.69) is 48.5 Å². The molecule has 1 fully saturated rings. The molecule has 0 amide bonds.